The molecule has 0 bridgehead atoms. The van der Waals surface area contributed by atoms with Crippen molar-refractivity contribution in [2.24, 2.45) is 0 Å². The highest BCUT2D eigenvalue weighted by molar-refractivity contribution is 9.10. The zero-order valence-corrected chi connectivity index (χ0v) is 24.8. The van der Waals surface area contributed by atoms with E-state index in [-0.39, 0.29) is 17.2 Å². The number of halogens is 2. The first-order valence-electron chi connectivity index (χ1n) is 12.0. The molecule has 1 heterocycles. The van der Waals surface area contributed by atoms with Gasteiger partial charge >= 0.3 is 23.9 Å². The van der Waals surface area contributed by atoms with Gasteiger partial charge in [-0.25, -0.2) is 9.59 Å². The van der Waals surface area contributed by atoms with Crippen LogP contribution < -0.4 is 0 Å². The van der Waals surface area contributed by atoms with E-state index in [0.717, 1.165) is 15.9 Å². The molecule has 0 aliphatic carbocycles. The molecular weight excluding hydrogens is 644 g/mol. The van der Waals surface area contributed by atoms with E-state index in [1.807, 2.05) is 0 Å². The lowest BCUT2D eigenvalue weighted by Crippen LogP contribution is -2.63. The van der Waals surface area contributed by atoms with Gasteiger partial charge in [-0.1, -0.05) is 31.9 Å². The van der Waals surface area contributed by atoms with E-state index in [1.54, 1.807) is 50.2 Å². The Bertz CT molecular complexity index is 1170. The van der Waals surface area contributed by atoms with Gasteiger partial charge in [0.25, 0.3) is 0 Å². The standard InChI is InChI=1S/C27H28Br2O10/c1-14(2)35-27-24(37-16(4)31)23(36-15(3)30)22(39-26(33)18-7-11-20(29)12-8-18)21(38-27)13-34-25(32)17-5-9-19(28)10-6-17/h5-12,14,21-24,27H,13H2,1-4H3/t21-,22+,23+,24-,27+/m1/s1. The summed E-state index contributed by atoms with van der Waals surface area (Å²) in [5, 5.41) is 0. The number of carbonyl (C=O) groups excluding carboxylic acids is 4. The van der Waals surface area contributed by atoms with Crippen LogP contribution >= 0.6 is 31.9 Å². The fourth-order valence-electron chi connectivity index (χ4n) is 3.78. The molecule has 1 saturated heterocycles. The maximum atomic E-state index is 13.1. The Morgan fingerprint density at radius 3 is 1.72 bits per heavy atom. The van der Waals surface area contributed by atoms with E-state index < -0.39 is 61.2 Å². The monoisotopic (exact) mass is 670 g/mol. The van der Waals surface area contributed by atoms with Gasteiger partial charge in [0.1, 0.15) is 12.7 Å². The molecule has 0 spiro atoms. The van der Waals surface area contributed by atoms with Crippen LogP contribution in [0.25, 0.3) is 0 Å². The summed E-state index contributed by atoms with van der Waals surface area (Å²) in [6.45, 7) is 5.41. The first-order chi connectivity index (χ1) is 18.4. The molecule has 210 valence electrons. The van der Waals surface area contributed by atoms with E-state index >= 15 is 0 Å². The summed E-state index contributed by atoms with van der Waals surface area (Å²) in [4.78, 5) is 49.9. The van der Waals surface area contributed by atoms with E-state index in [0.29, 0.717) is 0 Å². The van der Waals surface area contributed by atoms with Crippen molar-refractivity contribution in [3.8, 4) is 0 Å². The first kappa shape index (κ1) is 30.7. The van der Waals surface area contributed by atoms with Gasteiger partial charge in [0.15, 0.2) is 24.6 Å². The maximum absolute atomic E-state index is 13.1. The summed E-state index contributed by atoms with van der Waals surface area (Å²) < 4.78 is 35.6. The minimum atomic E-state index is -1.33. The van der Waals surface area contributed by atoms with Crippen LogP contribution in [0.4, 0.5) is 0 Å². The minimum Gasteiger partial charge on any atom is -0.459 e. The molecule has 3 rings (SSSR count). The van der Waals surface area contributed by atoms with Crippen LogP contribution in [0.2, 0.25) is 0 Å². The van der Waals surface area contributed by atoms with E-state index in [9.17, 15) is 19.2 Å². The highest BCUT2D eigenvalue weighted by atomic mass is 79.9. The summed E-state index contributed by atoms with van der Waals surface area (Å²) >= 11 is 6.62. The van der Waals surface area contributed by atoms with Crippen molar-refractivity contribution in [1.29, 1.82) is 0 Å². The fourth-order valence-corrected chi connectivity index (χ4v) is 4.31. The Balaban J connectivity index is 1.95. The van der Waals surface area contributed by atoms with Crippen molar-refractivity contribution in [2.75, 3.05) is 6.61 Å². The lowest BCUT2D eigenvalue weighted by atomic mass is 9.98. The first-order valence-corrected chi connectivity index (χ1v) is 13.6. The molecule has 2 aromatic carbocycles. The highest BCUT2D eigenvalue weighted by Crippen LogP contribution is 2.31. The van der Waals surface area contributed by atoms with Crippen LogP contribution in [-0.2, 0) is 38.0 Å². The van der Waals surface area contributed by atoms with Crippen LogP contribution in [0, 0.1) is 0 Å². The van der Waals surface area contributed by atoms with Gasteiger partial charge in [-0.3, -0.25) is 9.59 Å². The van der Waals surface area contributed by atoms with Gasteiger partial charge in [0.05, 0.1) is 17.2 Å². The summed E-state index contributed by atoms with van der Waals surface area (Å²) in [7, 11) is 0. The van der Waals surface area contributed by atoms with Crippen LogP contribution in [0.5, 0.6) is 0 Å². The largest absolute Gasteiger partial charge is 0.459 e. The van der Waals surface area contributed by atoms with Gasteiger partial charge in [-0.2, -0.15) is 0 Å². The number of rotatable bonds is 9. The lowest BCUT2D eigenvalue weighted by molar-refractivity contribution is -0.311. The van der Waals surface area contributed by atoms with Crippen molar-refractivity contribution in [3.05, 3.63) is 68.6 Å². The second kappa shape index (κ2) is 14.0. The molecule has 0 N–H and O–H groups in total. The molecule has 0 aromatic heterocycles. The molecular formula is C27H28Br2O10. The predicted molar refractivity (Wildman–Crippen MR) is 144 cm³/mol. The number of hydrogen-bond acceptors (Lipinski definition) is 10. The fraction of sp³-hybridized carbons (Fsp3) is 0.407. The summed E-state index contributed by atoms with van der Waals surface area (Å²) in [6.07, 6.45) is -6.71. The lowest BCUT2D eigenvalue weighted by Gasteiger charge is -2.44. The molecule has 0 unspecified atom stereocenters. The molecule has 1 aliphatic rings. The van der Waals surface area contributed by atoms with Gasteiger partial charge in [0, 0.05) is 22.8 Å². The highest BCUT2D eigenvalue weighted by Gasteiger charge is 2.53. The molecule has 5 atom stereocenters. The van der Waals surface area contributed by atoms with Crippen molar-refractivity contribution < 1.29 is 47.6 Å². The average Bonchev–Trinajstić information content (AvgIpc) is 2.86. The van der Waals surface area contributed by atoms with Gasteiger partial charge in [-0.05, 0) is 62.4 Å². The Hall–Kier alpha value is -2.80. The third kappa shape index (κ3) is 8.85. The Kier molecular flexibility index (Phi) is 11.0. The van der Waals surface area contributed by atoms with Gasteiger partial charge in [-0.15, -0.1) is 0 Å². The van der Waals surface area contributed by atoms with E-state index in [2.05, 4.69) is 31.9 Å². The average molecular weight is 672 g/mol. The number of carbonyl (C=O) groups is 4. The molecule has 39 heavy (non-hydrogen) atoms. The number of ether oxygens (including phenoxy) is 6. The summed E-state index contributed by atoms with van der Waals surface area (Å²) in [6, 6.07) is 12.9. The molecule has 2 aromatic rings. The van der Waals surface area contributed by atoms with Crippen LogP contribution in [0.15, 0.2) is 57.5 Å². The minimum absolute atomic E-state index is 0.204. The molecule has 1 fully saturated rings. The predicted octanol–water partition coefficient (Wildman–Crippen LogP) is 4.61. The van der Waals surface area contributed by atoms with Crippen LogP contribution in [-0.4, -0.2) is 67.3 Å². The second-order valence-corrected chi connectivity index (χ2v) is 10.7. The Morgan fingerprint density at radius 2 is 1.23 bits per heavy atom. The quantitative estimate of drug-likeness (QED) is 0.276. The van der Waals surface area contributed by atoms with Crippen molar-refractivity contribution in [2.45, 2.75) is 64.5 Å². The number of hydrogen-bond donors (Lipinski definition) is 0. The smallest absolute Gasteiger partial charge is 0.338 e. The van der Waals surface area contributed by atoms with Crippen molar-refractivity contribution in [3.63, 3.8) is 0 Å². The third-order valence-electron chi connectivity index (χ3n) is 5.38. The molecule has 0 amide bonds. The normalized spacial score (nSPS) is 22.6. The second-order valence-electron chi connectivity index (χ2n) is 8.86. The van der Waals surface area contributed by atoms with E-state index in [1.165, 1.54) is 19.1 Å². The molecule has 10 nitrogen and oxygen atoms in total. The molecule has 12 heteroatoms. The Labute approximate surface area is 242 Å². The van der Waals surface area contributed by atoms with Crippen molar-refractivity contribution in [1.82, 2.24) is 0 Å². The number of benzene rings is 2. The SMILES string of the molecule is CC(=O)O[C@H]1[C@@H](OC(=O)c2ccc(Br)cc2)[C@@H](COC(=O)c2ccc(Br)cc2)O[C@H](OC(C)C)[C@@H]1OC(C)=O. The third-order valence-corrected chi connectivity index (χ3v) is 6.44. The summed E-state index contributed by atoms with van der Waals surface area (Å²) in [5.74, 6) is -2.84. The molecule has 0 radical (unpaired) electrons. The number of esters is 4. The van der Waals surface area contributed by atoms with Crippen LogP contribution in [0.1, 0.15) is 48.4 Å². The summed E-state index contributed by atoms with van der Waals surface area (Å²) in [5.41, 5.74) is 0.483. The Morgan fingerprint density at radius 1 is 0.744 bits per heavy atom. The van der Waals surface area contributed by atoms with Gasteiger partial charge < -0.3 is 28.4 Å². The molecule has 1 aliphatic heterocycles. The zero-order valence-electron chi connectivity index (χ0n) is 21.6. The zero-order chi connectivity index (χ0) is 28.7. The van der Waals surface area contributed by atoms with Gasteiger partial charge in [0.2, 0.25) is 0 Å². The van der Waals surface area contributed by atoms with Crippen molar-refractivity contribution >= 4 is 55.7 Å². The van der Waals surface area contributed by atoms with E-state index in [4.69, 9.17) is 28.4 Å². The topological polar surface area (TPSA) is 124 Å². The van der Waals surface area contributed by atoms with Crippen LogP contribution in [0.3, 0.4) is 0 Å². The molecule has 0 saturated carbocycles. The maximum Gasteiger partial charge on any atom is 0.338 e.